The second-order valence-corrected chi connectivity index (χ2v) is 5.92. The van der Waals surface area contributed by atoms with Crippen molar-refractivity contribution in [2.24, 2.45) is 7.05 Å². The summed E-state index contributed by atoms with van der Waals surface area (Å²) in [4.78, 5) is 1.14. The first-order valence-corrected chi connectivity index (χ1v) is 7.21. The summed E-state index contributed by atoms with van der Waals surface area (Å²) >= 11 is 5.22. The van der Waals surface area contributed by atoms with E-state index in [1.807, 2.05) is 18.7 Å². The lowest BCUT2D eigenvalue weighted by Gasteiger charge is -2.13. The summed E-state index contributed by atoms with van der Waals surface area (Å²) in [6, 6.07) is 6.67. The molecule has 0 aliphatic rings. The van der Waals surface area contributed by atoms with E-state index in [0.29, 0.717) is 6.04 Å². The van der Waals surface area contributed by atoms with E-state index in [2.05, 4.69) is 56.6 Å². The van der Waals surface area contributed by atoms with E-state index in [9.17, 15) is 0 Å². The molecule has 0 aliphatic carbocycles. The molecule has 0 aliphatic heterocycles. The Bertz CT molecular complexity index is 541. The van der Waals surface area contributed by atoms with Crippen molar-refractivity contribution in [1.82, 2.24) is 20.1 Å². The van der Waals surface area contributed by atoms with Crippen molar-refractivity contribution in [3.8, 4) is 0 Å². The van der Waals surface area contributed by atoms with Crippen LogP contribution in [-0.2, 0) is 7.05 Å². The summed E-state index contributed by atoms with van der Waals surface area (Å²) in [5.74, 6) is 0. The average molecular weight is 327 g/mol. The minimum Gasteiger partial charge on any atom is -0.313 e. The molecule has 1 unspecified atom stereocenters. The van der Waals surface area contributed by atoms with Gasteiger partial charge in [0, 0.05) is 22.5 Å². The first-order valence-electron chi connectivity index (χ1n) is 5.60. The summed E-state index contributed by atoms with van der Waals surface area (Å²) in [5, 5.41) is 12.1. The second kappa shape index (κ2) is 5.86. The standard InChI is InChI=1S/C12H15BrN4S/c1-8(14-2)10-5-4-9(6-11(10)13)18-12-16-15-7-17(12)3/h4-8,14H,1-3H3. The average Bonchev–Trinajstić information content (AvgIpc) is 2.74. The molecule has 1 atom stereocenters. The summed E-state index contributed by atoms with van der Waals surface area (Å²) in [6.07, 6.45) is 1.70. The number of hydrogen-bond acceptors (Lipinski definition) is 4. The van der Waals surface area contributed by atoms with Crippen molar-refractivity contribution in [3.63, 3.8) is 0 Å². The molecule has 2 aromatic rings. The zero-order valence-corrected chi connectivity index (χ0v) is 12.9. The summed E-state index contributed by atoms with van der Waals surface area (Å²) in [7, 11) is 3.90. The largest absolute Gasteiger partial charge is 0.313 e. The topological polar surface area (TPSA) is 42.7 Å². The third kappa shape index (κ3) is 2.93. The molecule has 0 fully saturated rings. The number of halogens is 1. The molecular formula is C12H15BrN4S. The van der Waals surface area contributed by atoms with Crippen molar-refractivity contribution in [3.05, 3.63) is 34.6 Å². The molecule has 18 heavy (non-hydrogen) atoms. The predicted molar refractivity (Wildman–Crippen MR) is 76.7 cm³/mol. The van der Waals surface area contributed by atoms with Gasteiger partial charge in [0.2, 0.25) is 0 Å². The Morgan fingerprint density at radius 1 is 1.44 bits per heavy atom. The smallest absolute Gasteiger partial charge is 0.195 e. The van der Waals surface area contributed by atoms with Crippen LogP contribution in [0.15, 0.2) is 39.1 Å². The zero-order valence-electron chi connectivity index (χ0n) is 10.5. The number of benzene rings is 1. The summed E-state index contributed by atoms with van der Waals surface area (Å²) < 4.78 is 3.01. The molecule has 0 bridgehead atoms. The molecular weight excluding hydrogens is 312 g/mol. The van der Waals surface area contributed by atoms with E-state index in [-0.39, 0.29) is 0 Å². The fraction of sp³-hybridized carbons (Fsp3) is 0.333. The van der Waals surface area contributed by atoms with Crippen molar-refractivity contribution in [2.45, 2.75) is 23.0 Å². The molecule has 4 nitrogen and oxygen atoms in total. The van der Waals surface area contributed by atoms with Gasteiger partial charge in [-0.1, -0.05) is 22.0 Å². The molecule has 0 saturated heterocycles. The van der Waals surface area contributed by atoms with Crippen LogP contribution in [-0.4, -0.2) is 21.8 Å². The first-order chi connectivity index (χ1) is 8.61. The van der Waals surface area contributed by atoms with Gasteiger partial charge >= 0.3 is 0 Å². The molecule has 1 N–H and O–H groups in total. The van der Waals surface area contributed by atoms with Crippen molar-refractivity contribution in [1.29, 1.82) is 0 Å². The SMILES string of the molecule is CNC(C)c1ccc(Sc2nncn2C)cc1Br. The maximum atomic E-state index is 4.06. The highest BCUT2D eigenvalue weighted by Gasteiger charge is 2.09. The molecule has 0 amide bonds. The van der Waals surface area contributed by atoms with Crippen LogP contribution in [0.2, 0.25) is 0 Å². The van der Waals surface area contributed by atoms with Crippen LogP contribution < -0.4 is 5.32 Å². The van der Waals surface area contributed by atoms with Crippen LogP contribution in [0.3, 0.4) is 0 Å². The van der Waals surface area contributed by atoms with E-state index in [1.54, 1.807) is 18.1 Å². The van der Waals surface area contributed by atoms with E-state index < -0.39 is 0 Å². The Hall–Kier alpha value is -0.850. The van der Waals surface area contributed by atoms with Crippen LogP contribution in [0.25, 0.3) is 0 Å². The molecule has 0 radical (unpaired) electrons. The Morgan fingerprint density at radius 2 is 2.22 bits per heavy atom. The van der Waals surface area contributed by atoms with Crippen molar-refractivity contribution in [2.75, 3.05) is 7.05 Å². The first kappa shape index (κ1) is 13.6. The van der Waals surface area contributed by atoms with Gasteiger partial charge in [-0.15, -0.1) is 10.2 Å². The van der Waals surface area contributed by atoms with Gasteiger partial charge in [0.05, 0.1) is 0 Å². The van der Waals surface area contributed by atoms with Crippen molar-refractivity contribution < 1.29 is 0 Å². The second-order valence-electron chi connectivity index (χ2n) is 4.02. The van der Waals surface area contributed by atoms with Gasteiger partial charge in [-0.2, -0.15) is 0 Å². The van der Waals surface area contributed by atoms with Gasteiger partial charge in [0.15, 0.2) is 5.16 Å². The minimum atomic E-state index is 0.327. The van der Waals surface area contributed by atoms with Gasteiger partial charge in [-0.3, -0.25) is 0 Å². The highest BCUT2D eigenvalue weighted by Crippen LogP contribution is 2.31. The fourth-order valence-corrected chi connectivity index (χ4v) is 3.22. The molecule has 1 aromatic heterocycles. The minimum absolute atomic E-state index is 0.327. The molecule has 0 spiro atoms. The van der Waals surface area contributed by atoms with Crippen LogP contribution in [0.5, 0.6) is 0 Å². The molecule has 96 valence electrons. The van der Waals surface area contributed by atoms with Crippen LogP contribution in [0.1, 0.15) is 18.5 Å². The van der Waals surface area contributed by atoms with E-state index in [4.69, 9.17) is 0 Å². The normalized spacial score (nSPS) is 12.7. The number of nitrogens with one attached hydrogen (secondary N) is 1. The zero-order chi connectivity index (χ0) is 13.1. The molecule has 6 heteroatoms. The lowest BCUT2D eigenvalue weighted by Crippen LogP contribution is -2.12. The lowest BCUT2D eigenvalue weighted by molar-refractivity contribution is 0.649. The molecule has 1 heterocycles. The highest BCUT2D eigenvalue weighted by molar-refractivity contribution is 9.10. The maximum absolute atomic E-state index is 4.06. The summed E-state index contributed by atoms with van der Waals surface area (Å²) in [6.45, 7) is 2.13. The number of aromatic nitrogens is 3. The van der Waals surface area contributed by atoms with Gasteiger partial charge in [0.25, 0.3) is 0 Å². The molecule has 1 aromatic carbocycles. The Labute approximate surface area is 119 Å². The Kier molecular flexibility index (Phi) is 4.42. The summed E-state index contributed by atoms with van der Waals surface area (Å²) in [5.41, 5.74) is 1.25. The maximum Gasteiger partial charge on any atom is 0.195 e. The van der Waals surface area contributed by atoms with Crippen molar-refractivity contribution >= 4 is 27.7 Å². The predicted octanol–water partition coefficient (Wildman–Crippen LogP) is 3.01. The molecule has 2 rings (SSSR count). The molecule has 0 saturated carbocycles. The van der Waals surface area contributed by atoms with Gasteiger partial charge < -0.3 is 9.88 Å². The van der Waals surface area contributed by atoms with Gasteiger partial charge in [-0.25, -0.2) is 0 Å². The monoisotopic (exact) mass is 326 g/mol. The van der Waals surface area contributed by atoms with Crippen LogP contribution in [0.4, 0.5) is 0 Å². The van der Waals surface area contributed by atoms with Gasteiger partial charge in [-0.05, 0) is 43.4 Å². The Balaban J connectivity index is 2.21. The number of aryl methyl sites for hydroxylation is 1. The number of hydrogen-bond donors (Lipinski definition) is 1. The number of nitrogens with zero attached hydrogens (tertiary/aromatic N) is 3. The van der Waals surface area contributed by atoms with E-state index in [1.165, 1.54) is 5.56 Å². The Morgan fingerprint density at radius 3 is 2.78 bits per heavy atom. The quantitative estimate of drug-likeness (QED) is 0.937. The van der Waals surface area contributed by atoms with Crippen LogP contribution in [0, 0.1) is 0 Å². The third-order valence-electron chi connectivity index (χ3n) is 2.75. The fourth-order valence-electron chi connectivity index (χ4n) is 1.55. The van der Waals surface area contributed by atoms with E-state index >= 15 is 0 Å². The van der Waals surface area contributed by atoms with E-state index in [0.717, 1.165) is 14.5 Å². The lowest BCUT2D eigenvalue weighted by atomic mass is 10.1. The highest BCUT2D eigenvalue weighted by atomic mass is 79.9. The van der Waals surface area contributed by atoms with Gasteiger partial charge in [0.1, 0.15) is 6.33 Å². The van der Waals surface area contributed by atoms with Crippen LogP contribution >= 0.6 is 27.7 Å². The number of rotatable bonds is 4. The third-order valence-corrected chi connectivity index (χ3v) is 4.48.